The lowest BCUT2D eigenvalue weighted by Gasteiger charge is -1.86. The van der Waals surface area contributed by atoms with Crippen LogP contribution < -0.4 is 5.73 Å². The van der Waals surface area contributed by atoms with E-state index >= 15 is 0 Å². The lowest BCUT2D eigenvalue weighted by Crippen LogP contribution is -2.49. The molecule has 0 saturated heterocycles. The fourth-order valence-corrected chi connectivity index (χ4v) is 0.465. The molecule has 0 aromatic carbocycles. The molecule has 42 valence electrons. The molecule has 0 aliphatic heterocycles. The van der Waals surface area contributed by atoms with Gasteiger partial charge in [0.15, 0.2) is 0 Å². The van der Waals surface area contributed by atoms with E-state index in [1.54, 1.807) is 0 Å². The third-order valence-corrected chi connectivity index (χ3v) is 0.908. The van der Waals surface area contributed by atoms with Crippen molar-refractivity contribution in [1.29, 1.82) is 0 Å². The summed E-state index contributed by atoms with van der Waals surface area (Å²) in [5.41, 5.74) is 3.72. The molecule has 0 aromatic rings. The minimum Gasteiger partial charge on any atom is -0.358 e. The summed E-state index contributed by atoms with van der Waals surface area (Å²) in [7, 11) is 0. The third kappa shape index (κ3) is 5.70. The molecule has 0 fully saturated rings. The smallest absolute Gasteiger partial charge is 0.0739 e. The topological polar surface area (TPSA) is 27.6 Å². The molecule has 0 atom stereocenters. The van der Waals surface area contributed by atoms with Crippen molar-refractivity contribution < 1.29 is 5.73 Å². The summed E-state index contributed by atoms with van der Waals surface area (Å²) in [5.74, 6) is 0. The molecule has 0 aromatic heterocycles. The highest BCUT2D eigenvalue weighted by molar-refractivity contribution is 4.64. The molecule has 0 radical (unpaired) electrons. The normalized spacial score (nSPS) is 8.71. The van der Waals surface area contributed by atoms with Gasteiger partial charge in [-0.1, -0.05) is 6.08 Å². The molecular weight excluding hydrogens is 86.1 g/mol. The van der Waals surface area contributed by atoms with Crippen LogP contribution in [-0.2, 0) is 0 Å². The van der Waals surface area contributed by atoms with Crippen molar-refractivity contribution in [1.82, 2.24) is 0 Å². The van der Waals surface area contributed by atoms with Crippen molar-refractivity contribution in [2.24, 2.45) is 0 Å². The van der Waals surface area contributed by atoms with Crippen LogP contribution in [-0.4, -0.2) is 6.54 Å². The van der Waals surface area contributed by atoms with Gasteiger partial charge in [-0.3, -0.25) is 0 Å². The molecule has 0 heterocycles. The Bertz CT molecular complexity index is 41.4. The zero-order chi connectivity index (χ0) is 5.54. The largest absolute Gasteiger partial charge is 0.358 e. The first kappa shape index (κ1) is 6.70. The Hall–Kier alpha value is -0.300. The molecular formula is C6H14N+. The first-order chi connectivity index (χ1) is 3.41. The van der Waals surface area contributed by atoms with E-state index < -0.39 is 0 Å². The maximum absolute atomic E-state index is 3.72. The Balaban J connectivity index is 2.56. The molecule has 0 bridgehead atoms. The van der Waals surface area contributed by atoms with Gasteiger partial charge >= 0.3 is 0 Å². The van der Waals surface area contributed by atoms with Crippen LogP contribution in [0.3, 0.4) is 0 Å². The standard InChI is InChI=1S/C6H13N/c1-2-3-4-5-6-7/h2H,1,3-7H2/p+1. The van der Waals surface area contributed by atoms with Crippen LogP contribution in [0.1, 0.15) is 19.3 Å². The number of hydrogen-bond donors (Lipinski definition) is 1. The SMILES string of the molecule is C=CCCCC[NH3+]. The summed E-state index contributed by atoms with van der Waals surface area (Å²) in [5, 5.41) is 0. The van der Waals surface area contributed by atoms with E-state index in [1.165, 1.54) is 12.8 Å². The molecule has 0 amide bonds. The van der Waals surface area contributed by atoms with Crippen LogP contribution >= 0.6 is 0 Å². The maximum Gasteiger partial charge on any atom is 0.0739 e. The summed E-state index contributed by atoms with van der Waals surface area (Å²) in [6.45, 7) is 4.68. The third-order valence-electron chi connectivity index (χ3n) is 0.908. The molecule has 0 unspecified atom stereocenters. The molecule has 0 aliphatic rings. The van der Waals surface area contributed by atoms with Crippen molar-refractivity contribution in [2.75, 3.05) is 6.54 Å². The second-order valence-corrected chi connectivity index (χ2v) is 1.64. The molecule has 0 rings (SSSR count). The van der Waals surface area contributed by atoms with Gasteiger partial charge in [-0.15, -0.1) is 6.58 Å². The van der Waals surface area contributed by atoms with Crippen LogP contribution in [0.5, 0.6) is 0 Å². The average Bonchev–Trinajstić information content (AvgIpc) is 1.69. The molecule has 1 nitrogen and oxygen atoms in total. The van der Waals surface area contributed by atoms with E-state index in [-0.39, 0.29) is 0 Å². The molecule has 0 aliphatic carbocycles. The van der Waals surface area contributed by atoms with Crippen molar-refractivity contribution in [2.45, 2.75) is 19.3 Å². The summed E-state index contributed by atoms with van der Waals surface area (Å²) in [4.78, 5) is 0. The minimum atomic E-state index is 1.06. The van der Waals surface area contributed by atoms with Crippen LogP contribution in [0.25, 0.3) is 0 Å². The van der Waals surface area contributed by atoms with E-state index in [1.807, 2.05) is 6.08 Å². The van der Waals surface area contributed by atoms with E-state index in [0.717, 1.165) is 13.0 Å². The van der Waals surface area contributed by atoms with Gasteiger partial charge in [0, 0.05) is 0 Å². The quantitative estimate of drug-likeness (QED) is 0.395. The number of unbranched alkanes of at least 4 members (excludes halogenated alkanes) is 2. The van der Waals surface area contributed by atoms with Gasteiger partial charge in [0.05, 0.1) is 6.54 Å². The number of rotatable bonds is 4. The highest BCUT2D eigenvalue weighted by atomic mass is 14.5. The fraction of sp³-hybridized carbons (Fsp3) is 0.667. The summed E-state index contributed by atoms with van der Waals surface area (Å²) >= 11 is 0. The summed E-state index contributed by atoms with van der Waals surface area (Å²) in [6, 6.07) is 0. The van der Waals surface area contributed by atoms with Gasteiger partial charge in [-0.05, 0) is 19.3 Å². The van der Waals surface area contributed by atoms with Crippen LogP contribution in [0, 0.1) is 0 Å². The Labute approximate surface area is 45.2 Å². The lowest BCUT2D eigenvalue weighted by atomic mass is 10.2. The summed E-state index contributed by atoms with van der Waals surface area (Å²) < 4.78 is 0. The fourth-order valence-electron chi connectivity index (χ4n) is 0.465. The highest BCUT2D eigenvalue weighted by Gasteiger charge is 1.79. The number of quaternary nitrogens is 1. The number of hydrogen-bond acceptors (Lipinski definition) is 0. The second kappa shape index (κ2) is 5.70. The van der Waals surface area contributed by atoms with Crippen LogP contribution in [0.4, 0.5) is 0 Å². The second-order valence-electron chi connectivity index (χ2n) is 1.64. The first-order valence-electron chi connectivity index (χ1n) is 2.82. The van der Waals surface area contributed by atoms with Gasteiger partial charge < -0.3 is 5.73 Å². The maximum atomic E-state index is 3.72. The lowest BCUT2D eigenvalue weighted by molar-refractivity contribution is -0.368. The van der Waals surface area contributed by atoms with Crippen molar-refractivity contribution >= 4 is 0 Å². The van der Waals surface area contributed by atoms with Gasteiger partial charge in [0.1, 0.15) is 0 Å². The molecule has 0 saturated carbocycles. The van der Waals surface area contributed by atoms with E-state index in [2.05, 4.69) is 12.3 Å². The Morgan fingerprint density at radius 1 is 1.43 bits per heavy atom. The zero-order valence-electron chi connectivity index (χ0n) is 4.82. The van der Waals surface area contributed by atoms with Crippen molar-refractivity contribution in [3.8, 4) is 0 Å². The predicted octanol–water partition coefficient (Wildman–Crippen LogP) is 0.585. The van der Waals surface area contributed by atoms with Crippen LogP contribution in [0.15, 0.2) is 12.7 Å². The van der Waals surface area contributed by atoms with Gasteiger partial charge in [0.25, 0.3) is 0 Å². The van der Waals surface area contributed by atoms with E-state index in [4.69, 9.17) is 0 Å². The predicted molar refractivity (Wildman–Crippen MR) is 31.8 cm³/mol. The molecule has 1 heteroatoms. The Kier molecular flexibility index (Phi) is 5.46. The van der Waals surface area contributed by atoms with Gasteiger partial charge in [0.2, 0.25) is 0 Å². The van der Waals surface area contributed by atoms with Gasteiger partial charge in [-0.25, -0.2) is 0 Å². The molecule has 7 heavy (non-hydrogen) atoms. The van der Waals surface area contributed by atoms with Crippen molar-refractivity contribution in [3.63, 3.8) is 0 Å². The average molecular weight is 100 g/mol. The highest BCUT2D eigenvalue weighted by Crippen LogP contribution is 1.90. The summed E-state index contributed by atoms with van der Waals surface area (Å²) in [6.07, 6.45) is 5.60. The monoisotopic (exact) mass is 100 g/mol. The Morgan fingerprint density at radius 2 is 2.14 bits per heavy atom. The van der Waals surface area contributed by atoms with Crippen LogP contribution in [0.2, 0.25) is 0 Å². The van der Waals surface area contributed by atoms with E-state index in [0.29, 0.717) is 0 Å². The first-order valence-corrected chi connectivity index (χ1v) is 2.82. The molecule has 0 spiro atoms. The molecule has 3 N–H and O–H groups in total. The Morgan fingerprint density at radius 3 is 2.57 bits per heavy atom. The number of allylic oxidation sites excluding steroid dienone is 1. The van der Waals surface area contributed by atoms with E-state index in [9.17, 15) is 0 Å². The zero-order valence-corrected chi connectivity index (χ0v) is 4.82. The van der Waals surface area contributed by atoms with Gasteiger partial charge in [-0.2, -0.15) is 0 Å². The minimum absolute atomic E-state index is 1.06. The van der Waals surface area contributed by atoms with Crippen molar-refractivity contribution in [3.05, 3.63) is 12.7 Å².